The van der Waals surface area contributed by atoms with Gasteiger partial charge >= 0.3 is 5.97 Å². The van der Waals surface area contributed by atoms with E-state index < -0.39 is 22.3 Å². The van der Waals surface area contributed by atoms with Crippen molar-refractivity contribution >= 4 is 50.8 Å². The minimum absolute atomic E-state index is 0.0120. The maximum Gasteiger partial charge on any atom is 0.312 e. The second kappa shape index (κ2) is 7.23. The highest BCUT2D eigenvalue weighted by atomic mass is 79.9. The molecule has 156 valence electrons. The van der Waals surface area contributed by atoms with E-state index in [9.17, 15) is 19.7 Å². The summed E-state index contributed by atoms with van der Waals surface area (Å²) in [6, 6.07) is 3.78. The van der Waals surface area contributed by atoms with Crippen molar-refractivity contribution in [1.82, 2.24) is 0 Å². The predicted molar refractivity (Wildman–Crippen MR) is 111 cm³/mol. The molecule has 4 saturated carbocycles. The number of ether oxygens (including phenoxy) is 1. The summed E-state index contributed by atoms with van der Waals surface area (Å²) in [6.45, 7) is 1.50. The number of nitrogens with one attached hydrogen (secondary N) is 1. The van der Waals surface area contributed by atoms with Gasteiger partial charge < -0.3 is 10.1 Å². The molecule has 1 aromatic carbocycles. The van der Waals surface area contributed by atoms with Crippen molar-refractivity contribution in [1.29, 1.82) is 0 Å². The van der Waals surface area contributed by atoms with Crippen LogP contribution in [0, 0.1) is 27.4 Å². The van der Waals surface area contributed by atoms with Crippen LogP contribution in [0.25, 0.3) is 0 Å². The summed E-state index contributed by atoms with van der Waals surface area (Å²) >= 11 is 9.90. The van der Waals surface area contributed by atoms with Gasteiger partial charge in [-0.15, -0.1) is 0 Å². The minimum atomic E-state index is -1.03. The van der Waals surface area contributed by atoms with Gasteiger partial charge in [-0.1, -0.05) is 27.5 Å². The second-order valence-corrected chi connectivity index (χ2v) is 10.9. The predicted octanol–water partition coefficient (Wildman–Crippen LogP) is 4.85. The molecule has 1 aromatic rings. The zero-order chi connectivity index (χ0) is 21.0. The lowest BCUT2D eigenvalue weighted by Gasteiger charge is -2.58. The first-order valence-corrected chi connectivity index (χ1v) is 10.9. The molecule has 4 aliphatic carbocycles. The van der Waals surface area contributed by atoms with Gasteiger partial charge in [-0.3, -0.25) is 19.7 Å². The van der Waals surface area contributed by atoms with E-state index in [4.69, 9.17) is 16.3 Å². The summed E-state index contributed by atoms with van der Waals surface area (Å²) in [4.78, 5) is 36.0. The highest BCUT2D eigenvalue weighted by Crippen LogP contribution is 2.64. The van der Waals surface area contributed by atoms with Gasteiger partial charge in [0.05, 0.1) is 21.0 Å². The molecule has 4 fully saturated rings. The number of hydrogen-bond acceptors (Lipinski definition) is 5. The molecule has 4 bridgehead atoms. The molecule has 5 rings (SSSR count). The zero-order valence-corrected chi connectivity index (χ0v) is 18.3. The van der Waals surface area contributed by atoms with Crippen molar-refractivity contribution in [2.45, 2.75) is 55.9 Å². The van der Waals surface area contributed by atoms with Crippen molar-refractivity contribution in [3.8, 4) is 0 Å². The molecule has 7 nitrogen and oxygen atoms in total. The summed E-state index contributed by atoms with van der Waals surface area (Å²) < 4.78 is 5.60. The molecule has 3 atom stereocenters. The summed E-state index contributed by atoms with van der Waals surface area (Å²) in [5.41, 5.74) is -0.598. The van der Waals surface area contributed by atoms with Gasteiger partial charge in [0.25, 0.3) is 11.6 Å². The van der Waals surface area contributed by atoms with Crippen LogP contribution in [-0.4, -0.2) is 27.2 Å². The maximum absolute atomic E-state index is 13.1. The Morgan fingerprint density at radius 1 is 1.31 bits per heavy atom. The Balaban J connectivity index is 1.44. The van der Waals surface area contributed by atoms with Crippen molar-refractivity contribution in [2.75, 3.05) is 5.32 Å². The number of alkyl halides is 1. The molecule has 0 heterocycles. The molecular weight excluding hydrogens is 464 g/mol. The van der Waals surface area contributed by atoms with Gasteiger partial charge in [0.1, 0.15) is 0 Å². The zero-order valence-electron chi connectivity index (χ0n) is 16.0. The molecule has 29 heavy (non-hydrogen) atoms. The Bertz CT molecular complexity index is 878. The van der Waals surface area contributed by atoms with E-state index in [2.05, 4.69) is 21.2 Å². The van der Waals surface area contributed by atoms with E-state index in [1.165, 1.54) is 31.5 Å². The lowest BCUT2D eigenvalue weighted by molar-refractivity contribution is -0.384. The van der Waals surface area contributed by atoms with Crippen LogP contribution in [0.15, 0.2) is 18.2 Å². The number of carbonyl (C=O) groups is 2. The van der Waals surface area contributed by atoms with Gasteiger partial charge in [0, 0.05) is 16.5 Å². The fraction of sp³-hybridized carbons (Fsp3) is 0.600. The third kappa shape index (κ3) is 3.89. The number of non-ortho nitro benzene ring substituents is 1. The largest absolute Gasteiger partial charge is 0.452 e. The Morgan fingerprint density at radius 3 is 2.55 bits per heavy atom. The molecule has 4 aliphatic rings. The monoisotopic (exact) mass is 484 g/mol. The number of rotatable bonds is 5. The van der Waals surface area contributed by atoms with E-state index in [0.29, 0.717) is 11.8 Å². The van der Waals surface area contributed by atoms with Gasteiger partial charge in [0.2, 0.25) is 0 Å². The number of esters is 1. The number of anilines is 1. The van der Waals surface area contributed by atoms with Crippen molar-refractivity contribution in [3.05, 3.63) is 33.3 Å². The Kier molecular flexibility index (Phi) is 5.14. The number of amides is 1. The van der Waals surface area contributed by atoms with Crippen LogP contribution in [0.4, 0.5) is 11.4 Å². The number of nitro benzene ring substituents is 1. The van der Waals surface area contributed by atoms with E-state index in [1.807, 2.05) is 0 Å². The van der Waals surface area contributed by atoms with Crippen LogP contribution >= 0.6 is 27.5 Å². The topological polar surface area (TPSA) is 98.5 Å². The molecule has 0 aliphatic heterocycles. The highest BCUT2D eigenvalue weighted by molar-refractivity contribution is 9.10. The third-order valence-electron chi connectivity index (χ3n) is 6.49. The molecule has 1 N–H and O–H groups in total. The van der Waals surface area contributed by atoms with Crippen LogP contribution in [0.5, 0.6) is 0 Å². The lowest BCUT2D eigenvalue weighted by atomic mass is 9.49. The third-order valence-corrected chi connectivity index (χ3v) is 7.75. The Hall–Kier alpha value is -1.67. The van der Waals surface area contributed by atoms with Crippen LogP contribution in [0.3, 0.4) is 0 Å². The minimum Gasteiger partial charge on any atom is -0.452 e. The fourth-order valence-corrected chi connectivity index (χ4v) is 7.30. The van der Waals surface area contributed by atoms with Gasteiger partial charge in [-0.2, -0.15) is 0 Å². The normalized spacial score (nSPS) is 33.2. The van der Waals surface area contributed by atoms with Gasteiger partial charge in [-0.25, -0.2) is 0 Å². The molecule has 0 radical (unpaired) electrons. The number of halogens is 2. The second-order valence-electron chi connectivity index (χ2n) is 8.85. The highest BCUT2D eigenvalue weighted by Gasteiger charge is 2.60. The fourth-order valence-electron chi connectivity index (χ4n) is 5.69. The summed E-state index contributed by atoms with van der Waals surface area (Å²) in [7, 11) is 0. The molecule has 0 saturated heterocycles. The van der Waals surface area contributed by atoms with Gasteiger partial charge in [0.15, 0.2) is 6.10 Å². The first-order chi connectivity index (χ1) is 13.6. The molecule has 0 spiro atoms. The van der Waals surface area contributed by atoms with E-state index >= 15 is 0 Å². The first kappa shape index (κ1) is 20.6. The first-order valence-electron chi connectivity index (χ1n) is 9.74. The van der Waals surface area contributed by atoms with Crippen LogP contribution in [0.2, 0.25) is 5.02 Å². The molecule has 0 aromatic heterocycles. The van der Waals surface area contributed by atoms with Gasteiger partial charge in [-0.05, 0) is 63.4 Å². The van der Waals surface area contributed by atoms with E-state index in [-0.39, 0.29) is 26.7 Å². The standard InChI is InChI=1S/C20H22BrClN2O5/c1-11(17(25)23-16-5-14(24(27)28)2-3-15(16)22)29-18(26)19-6-12-4-13(7-19)9-20(21,8-12)10-19/h2-3,5,11-13H,4,6-10H2,1H3,(H,23,25). The quantitative estimate of drug-likeness (QED) is 0.278. The average molecular weight is 486 g/mol. The Labute approximate surface area is 181 Å². The number of nitrogens with zero attached hydrogens (tertiary/aromatic N) is 1. The van der Waals surface area contributed by atoms with Crippen LogP contribution in [-0.2, 0) is 14.3 Å². The average Bonchev–Trinajstić information content (AvgIpc) is 2.61. The summed E-state index contributed by atoms with van der Waals surface area (Å²) in [5.74, 6) is 0.161. The molecule has 3 unspecified atom stereocenters. The number of carbonyl (C=O) groups excluding carboxylic acids is 2. The number of nitro groups is 1. The Morgan fingerprint density at radius 2 is 1.97 bits per heavy atom. The van der Waals surface area contributed by atoms with Crippen LogP contribution < -0.4 is 5.32 Å². The number of benzene rings is 1. The molecule has 1 amide bonds. The SMILES string of the molecule is CC(OC(=O)C12CC3CC(CC(Br)(C3)C1)C2)C(=O)Nc1cc([N+](=O)[O-])ccc1Cl. The maximum atomic E-state index is 13.1. The van der Waals surface area contributed by atoms with Crippen molar-refractivity contribution in [2.24, 2.45) is 17.3 Å². The van der Waals surface area contributed by atoms with Crippen molar-refractivity contribution in [3.63, 3.8) is 0 Å². The van der Waals surface area contributed by atoms with Crippen molar-refractivity contribution < 1.29 is 19.2 Å². The summed E-state index contributed by atoms with van der Waals surface area (Å²) in [6.07, 6.45) is 4.72. The smallest absolute Gasteiger partial charge is 0.312 e. The van der Waals surface area contributed by atoms with Crippen LogP contribution in [0.1, 0.15) is 45.4 Å². The van der Waals surface area contributed by atoms with E-state index in [1.54, 1.807) is 0 Å². The lowest BCUT2D eigenvalue weighted by Crippen LogP contribution is -2.56. The number of hydrogen-bond donors (Lipinski definition) is 1. The summed E-state index contributed by atoms with van der Waals surface area (Å²) in [5, 5.41) is 13.6. The van der Waals surface area contributed by atoms with E-state index in [0.717, 1.165) is 32.1 Å². The molecule has 9 heteroatoms. The molecular formula is C20H22BrClN2O5.